The second-order valence-corrected chi connectivity index (χ2v) is 5.08. The van der Waals surface area contributed by atoms with Crippen LogP contribution in [0.1, 0.15) is 17.3 Å². The Morgan fingerprint density at radius 3 is 2.71 bits per heavy atom. The Bertz CT molecular complexity index is 434. The molecule has 14 heavy (non-hydrogen) atoms. The molecule has 0 amide bonds. The zero-order chi connectivity index (χ0) is 10.8. The normalized spacial score (nSPS) is 11.6. The number of hydrogen-bond donors (Lipinski definition) is 1. The molecule has 0 aliphatic carbocycles. The number of carbonyl (C=O) groups excluding carboxylic acids is 1. The van der Waals surface area contributed by atoms with Crippen molar-refractivity contribution in [2.45, 2.75) is 11.1 Å². The second-order valence-electron chi connectivity index (χ2n) is 2.42. The van der Waals surface area contributed by atoms with E-state index in [2.05, 4.69) is 9.76 Å². The van der Waals surface area contributed by atoms with Crippen molar-refractivity contribution in [2.75, 3.05) is 7.05 Å². The minimum atomic E-state index is -3.86. The lowest BCUT2D eigenvalue weighted by atomic mass is 10.2. The average molecular weight is 235 g/mol. The van der Waals surface area contributed by atoms with Crippen molar-refractivity contribution in [3.05, 3.63) is 17.0 Å². The van der Waals surface area contributed by atoms with Crippen LogP contribution in [0.25, 0.3) is 0 Å². The maximum absolute atomic E-state index is 11.4. The van der Waals surface area contributed by atoms with E-state index < -0.39 is 10.1 Å². The molecule has 7 heteroatoms. The molecule has 0 unspecified atom stereocenters. The Hall–Kier alpha value is -0.760. The van der Waals surface area contributed by atoms with Crippen LogP contribution in [-0.4, -0.2) is 21.2 Å². The zero-order valence-corrected chi connectivity index (χ0v) is 9.24. The summed E-state index contributed by atoms with van der Waals surface area (Å²) < 4.78 is 27.1. The number of thiophene rings is 1. The van der Waals surface area contributed by atoms with Crippen molar-refractivity contribution >= 4 is 27.2 Å². The molecule has 1 aromatic heterocycles. The predicted octanol–water partition coefficient (Wildman–Crippen LogP) is 0.790. The molecule has 0 atom stereocenters. The molecule has 0 spiro atoms. The van der Waals surface area contributed by atoms with Gasteiger partial charge in [-0.3, -0.25) is 4.79 Å². The number of rotatable bonds is 4. The Kier molecular flexibility index (Phi) is 3.38. The molecule has 0 saturated carbocycles. The summed E-state index contributed by atoms with van der Waals surface area (Å²) in [6.07, 6.45) is 0. The highest BCUT2D eigenvalue weighted by atomic mass is 32.3. The van der Waals surface area contributed by atoms with Gasteiger partial charge in [0.25, 0.3) is 0 Å². The molecule has 1 rings (SSSR count). The summed E-state index contributed by atoms with van der Waals surface area (Å²) in [6.45, 7) is 1.31. The first-order valence-electron chi connectivity index (χ1n) is 3.67. The first-order valence-corrected chi connectivity index (χ1v) is 5.96. The standard InChI is InChI=1S/C7H9NO4S2/c1-5(9)6-3-4-13-7(6)14(10,11)12-8-2/h3-4,8H,1-2H3. The molecule has 1 aromatic rings. The number of hydroxylamine groups is 1. The third-order valence-corrected chi connectivity index (χ3v) is 4.10. The maximum atomic E-state index is 11.4. The van der Waals surface area contributed by atoms with Gasteiger partial charge in [0, 0.05) is 12.6 Å². The third kappa shape index (κ3) is 2.18. The van der Waals surface area contributed by atoms with Crippen molar-refractivity contribution in [1.82, 2.24) is 5.48 Å². The van der Waals surface area contributed by atoms with Crippen LogP contribution >= 0.6 is 11.3 Å². The zero-order valence-electron chi connectivity index (χ0n) is 7.60. The van der Waals surface area contributed by atoms with Gasteiger partial charge in [-0.1, -0.05) is 0 Å². The summed E-state index contributed by atoms with van der Waals surface area (Å²) in [5.74, 6) is -0.301. The van der Waals surface area contributed by atoms with Crippen LogP contribution < -0.4 is 5.48 Å². The summed E-state index contributed by atoms with van der Waals surface area (Å²) in [5, 5.41) is 1.53. The largest absolute Gasteiger partial charge is 0.323 e. The fraction of sp³-hybridized carbons (Fsp3) is 0.286. The number of nitrogens with one attached hydrogen (secondary N) is 1. The molecule has 0 fully saturated rings. The fourth-order valence-electron chi connectivity index (χ4n) is 0.898. The number of hydrogen-bond acceptors (Lipinski definition) is 6. The predicted molar refractivity (Wildman–Crippen MR) is 51.7 cm³/mol. The van der Waals surface area contributed by atoms with Crippen molar-refractivity contribution in [3.63, 3.8) is 0 Å². The maximum Gasteiger partial charge on any atom is 0.323 e. The summed E-state index contributed by atoms with van der Waals surface area (Å²) in [5.41, 5.74) is 2.23. The molecule has 1 N–H and O–H groups in total. The van der Waals surface area contributed by atoms with Crippen LogP contribution in [0.3, 0.4) is 0 Å². The number of ketones is 1. The molecule has 0 saturated heterocycles. The van der Waals surface area contributed by atoms with Gasteiger partial charge in [-0.2, -0.15) is 18.2 Å². The molecule has 78 valence electrons. The first kappa shape index (κ1) is 11.3. The van der Waals surface area contributed by atoms with Crippen LogP contribution in [0, 0.1) is 0 Å². The smallest absolute Gasteiger partial charge is 0.294 e. The van der Waals surface area contributed by atoms with E-state index in [0.717, 1.165) is 11.3 Å². The highest BCUT2D eigenvalue weighted by molar-refractivity contribution is 7.89. The quantitative estimate of drug-likeness (QED) is 0.617. The highest BCUT2D eigenvalue weighted by Gasteiger charge is 2.23. The number of carbonyl (C=O) groups is 1. The Labute approximate surface area is 85.8 Å². The first-order chi connectivity index (χ1) is 6.49. The lowest BCUT2D eigenvalue weighted by Crippen LogP contribution is -2.16. The number of Topliss-reactive ketones (excluding diaryl/α,β-unsaturated/α-hetero) is 1. The second kappa shape index (κ2) is 4.18. The molecule has 0 bridgehead atoms. The van der Waals surface area contributed by atoms with Crippen LogP contribution in [0.2, 0.25) is 0 Å². The molecule has 5 nitrogen and oxygen atoms in total. The van der Waals surface area contributed by atoms with Gasteiger partial charge in [-0.25, -0.2) is 0 Å². The van der Waals surface area contributed by atoms with Crippen LogP contribution in [-0.2, 0) is 14.4 Å². The summed E-state index contributed by atoms with van der Waals surface area (Å²) in [6, 6.07) is 1.46. The van der Waals surface area contributed by atoms with Crippen LogP contribution in [0.4, 0.5) is 0 Å². The van der Waals surface area contributed by atoms with E-state index in [0.29, 0.717) is 0 Å². The van der Waals surface area contributed by atoms with Gasteiger partial charge < -0.3 is 0 Å². The highest BCUT2D eigenvalue weighted by Crippen LogP contribution is 2.24. The molecular formula is C7H9NO4S2. The van der Waals surface area contributed by atoms with Gasteiger partial charge in [0.1, 0.15) is 0 Å². The van der Waals surface area contributed by atoms with Crippen molar-refractivity contribution in [2.24, 2.45) is 0 Å². The average Bonchev–Trinajstić information content (AvgIpc) is 2.51. The third-order valence-electron chi connectivity index (χ3n) is 1.43. The minimum Gasteiger partial charge on any atom is -0.294 e. The van der Waals surface area contributed by atoms with E-state index in [1.165, 1.54) is 25.4 Å². The topological polar surface area (TPSA) is 72.5 Å². The van der Waals surface area contributed by atoms with E-state index in [-0.39, 0.29) is 15.6 Å². The van der Waals surface area contributed by atoms with Gasteiger partial charge in [-0.15, -0.1) is 11.3 Å². The Morgan fingerprint density at radius 1 is 1.57 bits per heavy atom. The van der Waals surface area contributed by atoms with Gasteiger partial charge in [0.15, 0.2) is 9.99 Å². The monoisotopic (exact) mass is 235 g/mol. The molecule has 0 aromatic carbocycles. The fourth-order valence-corrected chi connectivity index (χ4v) is 3.08. The van der Waals surface area contributed by atoms with Gasteiger partial charge >= 0.3 is 10.1 Å². The Morgan fingerprint density at radius 2 is 2.21 bits per heavy atom. The van der Waals surface area contributed by atoms with Gasteiger partial charge in [0.2, 0.25) is 0 Å². The summed E-state index contributed by atoms with van der Waals surface area (Å²) in [7, 11) is -2.52. The lowest BCUT2D eigenvalue weighted by Gasteiger charge is -2.01. The Balaban J connectivity index is 3.19. The van der Waals surface area contributed by atoms with Crippen LogP contribution in [0.5, 0.6) is 0 Å². The van der Waals surface area contributed by atoms with Crippen LogP contribution in [0.15, 0.2) is 15.7 Å². The molecule has 0 aliphatic heterocycles. The molecule has 0 aliphatic rings. The van der Waals surface area contributed by atoms with Crippen molar-refractivity contribution in [1.29, 1.82) is 0 Å². The SMILES string of the molecule is CNOS(=O)(=O)c1sccc1C(C)=O. The minimum absolute atomic E-state index is 0.0700. The van der Waals surface area contributed by atoms with E-state index in [1.54, 1.807) is 0 Å². The van der Waals surface area contributed by atoms with E-state index >= 15 is 0 Å². The van der Waals surface area contributed by atoms with E-state index in [9.17, 15) is 13.2 Å². The van der Waals surface area contributed by atoms with E-state index in [1.807, 2.05) is 0 Å². The molecular weight excluding hydrogens is 226 g/mol. The van der Waals surface area contributed by atoms with E-state index in [4.69, 9.17) is 0 Å². The van der Waals surface area contributed by atoms with Crippen molar-refractivity contribution in [3.8, 4) is 0 Å². The van der Waals surface area contributed by atoms with Gasteiger partial charge in [0.05, 0.1) is 0 Å². The molecule has 0 radical (unpaired) electrons. The lowest BCUT2D eigenvalue weighted by molar-refractivity contribution is 0.101. The summed E-state index contributed by atoms with van der Waals surface area (Å²) >= 11 is 0.951. The molecule has 1 heterocycles. The van der Waals surface area contributed by atoms with Crippen molar-refractivity contribution < 1.29 is 17.5 Å². The van der Waals surface area contributed by atoms with Gasteiger partial charge in [-0.05, 0) is 18.4 Å². The summed E-state index contributed by atoms with van der Waals surface area (Å²) in [4.78, 5) is 11.0.